The third-order valence-electron chi connectivity index (χ3n) is 4.18. The molecular weight excluding hydrogens is 451 g/mol. The lowest BCUT2D eigenvalue weighted by atomic mass is 9.95. The van der Waals surface area contributed by atoms with Crippen molar-refractivity contribution in [1.29, 1.82) is 0 Å². The molecule has 9 heteroatoms. The van der Waals surface area contributed by atoms with E-state index in [1.165, 1.54) is 0 Å². The van der Waals surface area contributed by atoms with Gasteiger partial charge in [0.05, 0.1) is 12.2 Å². The van der Waals surface area contributed by atoms with Crippen molar-refractivity contribution in [1.82, 2.24) is 19.6 Å². The van der Waals surface area contributed by atoms with Gasteiger partial charge in [0.25, 0.3) is 0 Å². The van der Waals surface area contributed by atoms with Gasteiger partial charge in [0.1, 0.15) is 0 Å². The van der Waals surface area contributed by atoms with Gasteiger partial charge in [-0.1, -0.05) is 0 Å². The second-order valence-electron chi connectivity index (χ2n) is 6.12. The van der Waals surface area contributed by atoms with Gasteiger partial charge in [-0.15, -0.1) is 35.3 Å². The second-order valence-corrected chi connectivity index (χ2v) is 6.99. The number of aliphatic imine (C=N–C) groups is 1. The summed E-state index contributed by atoms with van der Waals surface area (Å²) in [5.41, 5.74) is 6.31. The second kappa shape index (κ2) is 9.37. The molecular formula is C16H25IN6OS. The summed E-state index contributed by atoms with van der Waals surface area (Å²) in [4.78, 5) is 23.7. The summed E-state index contributed by atoms with van der Waals surface area (Å²) in [6.45, 7) is 5.21. The zero-order valence-corrected chi connectivity index (χ0v) is 17.5. The fraction of sp³-hybridized carbons (Fsp3) is 0.562. The Labute approximate surface area is 168 Å². The van der Waals surface area contributed by atoms with Gasteiger partial charge in [-0.25, -0.2) is 9.98 Å². The van der Waals surface area contributed by atoms with E-state index in [4.69, 9.17) is 10.7 Å². The van der Waals surface area contributed by atoms with Crippen LogP contribution in [0.5, 0.6) is 0 Å². The molecule has 1 fully saturated rings. The Hall–Kier alpha value is -1.36. The van der Waals surface area contributed by atoms with Crippen LogP contribution in [0.4, 0.5) is 0 Å². The third-order valence-corrected chi connectivity index (χ3v) is 4.95. The monoisotopic (exact) mass is 476 g/mol. The van der Waals surface area contributed by atoms with Crippen molar-refractivity contribution in [2.24, 2.45) is 16.6 Å². The highest BCUT2D eigenvalue weighted by Crippen LogP contribution is 2.19. The van der Waals surface area contributed by atoms with Crippen molar-refractivity contribution in [3.63, 3.8) is 0 Å². The van der Waals surface area contributed by atoms with Crippen molar-refractivity contribution in [3.05, 3.63) is 23.5 Å². The highest BCUT2D eigenvalue weighted by Gasteiger charge is 2.23. The molecule has 0 aliphatic carbocycles. The Balaban J connectivity index is 0.00000225. The number of nitrogens with two attached hydrogens (primary N) is 1. The summed E-state index contributed by atoms with van der Waals surface area (Å²) in [6, 6.07) is 0. The lowest BCUT2D eigenvalue weighted by molar-refractivity contribution is -0.119. The summed E-state index contributed by atoms with van der Waals surface area (Å²) in [5.74, 6) is 0.989. The smallest absolute Gasteiger partial charge is 0.217 e. The average Bonchev–Trinajstić information content (AvgIpc) is 3.12. The normalized spacial score (nSPS) is 18.2. The summed E-state index contributed by atoms with van der Waals surface area (Å²) in [7, 11) is 0. The molecule has 7 nitrogen and oxygen atoms in total. The number of primary amides is 1. The average molecular weight is 476 g/mol. The van der Waals surface area contributed by atoms with Crippen molar-refractivity contribution in [2.75, 3.05) is 19.6 Å². The molecule has 2 aromatic heterocycles. The van der Waals surface area contributed by atoms with Crippen LogP contribution in [0.3, 0.4) is 0 Å². The lowest BCUT2D eigenvalue weighted by Crippen LogP contribution is -2.47. The zero-order valence-electron chi connectivity index (χ0n) is 14.4. The number of thiazole rings is 1. The predicted molar refractivity (Wildman–Crippen MR) is 111 cm³/mol. The van der Waals surface area contributed by atoms with Gasteiger partial charge in [-0.3, -0.25) is 9.20 Å². The molecule has 0 bridgehead atoms. The summed E-state index contributed by atoms with van der Waals surface area (Å²) >= 11 is 1.62. The molecule has 3 heterocycles. The first-order valence-corrected chi connectivity index (χ1v) is 9.26. The van der Waals surface area contributed by atoms with Crippen LogP contribution >= 0.6 is 35.3 Å². The number of nitrogens with one attached hydrogen (secondary N) is 1. The Morgan fingerprint density at radius 1 is 1.56 bits per heavy atom. The number of hydrogen-bond donors (Lipinski definition) is 2. The van der Waals surface area contributed by atoms with Crippen molar-refractivity contribution in [3.8, 4) is 0 Å². The van der Waals surface area contributed by atoms with Crippen molar-refractivity contribution in [2.45, 2.75) is 32.7 Å². The van der Waals surface area contributed by atoms with Crippen LogP contribution in [0, 0.1) is 5.92 Å². The SMILES string of the molecule is CCNC(=NCc1cn2ccsc2n1)N1CCCC(CC(N)=O)C1.I. The van der Waals surface area contributed by atoms with E-state index in [9.17, 15) is 4.79 Å². The molecule has 138 valence electrons. The van der Waals surface area contributed by atoms with Crippen LogP contribution in [0.25, 0.3) is 4.96 Å². The first kappa shape index (κ1) is 20.0. The van der Waals surface area contributed by atoms with Crippen LogP contribution in [0.2, 0.25) is 0 Å². The molecule has 3 rings (SSSR count). The molecule has 2 aromatic rings. The molecule has 0 saturated carbocycles. The van der Waals surface area contributed by atoms with E-state index in [-0.39, 0.29) is 29.9 Å². The minimum atomic E-state index is -0.220. The Morgan fingerprint density at radius 2 is 2.40 bits per heavy atom. The largest absolute Gasteiger partial charge is 0.370 e. The molecule has 0 radical (unpaired) electrons. The minimum absolute atomic E-state index is 0. The number of likely N-dealkylation sites (tertiary alicyclic amines) is 1. The van der Waals surface area contributed by atoms with E-state index in [1.54, 1.807) is 11.3 Å². The van der Waals surface area contributed by atoms with Crippen LogP contribution in [-0.4, -0.2) is 45.8 Å². The summed E-state index contributed by atoms with van der Waals surface area (Å²) < 4.78 is 2.02. The molecule has 1 aliphatic rings. The van der Waals surface area contributed by atoms with Crippen LogP contribution in [0.15, 0.2) is 22.8 Å². The van der Waals surface area contributed by atoms with E-state index in [0.717, 1.165) is 49.1 Å². The van der Waals surface area contributed by atoms with Crippen molar-refractivity contribution < 1.29 is 4.79 Å². The molecule has 0 spiro atoms. The maximum atomic E-state index is 11.2. The number of amides is 1. The number of imidazole rings is 1. The van der Waals surface area contributed by atoms with Crippen LogP contribution < -0.4 is 11.1 Å². The third kappa shape index (κ3) is 5.30. The predicted octanol–water partition coefficient (Wildman–Crippen LogP) is 2.07. The molecule has 1 aliphatic heterocycles. The summed E-state index contributed by atoms with van der Waals surface area (Å²) in [5, 5.41) is 5.37. The van der Waals surface area contributed by atoms with E-state index in [0.29, 0.717) is 18.9 Å². The van der Waals surface area contributed by atoms with Gasteiger partial charge in [0.2, 0.25) is 5.91 Å². The van der Waals surface area contributed by atoms with Crippen LogP contribution in [0.1, 0.15) is 31.9 Å². The number of fused-ring (bicyclic) bond motifs is 1. The van der Waals surface area contributed by atoms with Gasteiger partial charge < -0.3 is 16.0 Å². The van der Waals surface area contributed by atoms with E-state index < -0.39 is 0 Å². The van der Waals surface area contributed by atoms with E-state index in [1.807, 2.05) is 22.2 Å². The van der Waals surface area contributed by atoms with E-state index in [2.05, 4.69) is 22.1 Å². The van der Waals surface area contributed by atoms with Gasteiger partial charge in [0.15, 0.2) is 10.9 Å². The number of carbonyl (C=O) groups is 1. The summed E-state index contributed by atoms with van der Waals surface area (Å²) in [6.07, 6.45) is 6.58. The number of guanidine groups is 1. The number of hydrogen-bond acceptors (Lipinski definition) is 4. The lowest BCUT2D eigenvalue weighted by Gasteiger charge is -2.34. The van der Waals surface area contributed by atoms with Gasteiger partial charge >= 0.3 is 0 Å². The standard InChI is InChI=1S/C16H24N6OS.HI/c1-2-18-15(21-5-3-4-12(10-21)8-14(17)23)19-9-13-11-22-6-7-24-16(22)20-13;/h6-7,11-12H,2-5,8-10H2,1H3,(H2,17,23)(H,18,19);1H. The Bertz CT molecular complexity index is 699. The molecule has 1 atom stereocenters. The molecule has 0 aromatic carbocycles. The van der Waals surface area contributed by atoms with Crippen LogP contribution in [-0.2, 0) is 11.3 Å². The fourth-order valence-corrected chi connectivity index (χ4v) is 3.86. The quantitative estimate of drug-likeness (QED) is 0.393. The number of aromatic nitrogens is 2. The molecule has 25 heavy (non-hydrogen) atoms. The fourth-order valence-electron chi connectivity index (χ4n) is 3.14. The first-order valence-electron chi connectivity index (χ1n) is 8.38. The molecule has 1 saturated heterocycles. The molecule has 1 unspecified atom stereocenters. The van der Waals surface area contributed by atoms with Crippen molar-refractivity contribution >= 4 is 52.1 Å². The van der Waals surface area contributed by atoms with Gasteiger partial charge in [0, 0.05) is 43.8 Å². The Kier molecular flexibility index (Phi) is 7.48. The number of piperidine rings is 1. The number of rotatable bonds is 5. The van der Waals surface area contributed by atoms with Gasteiger partial charge in [-0.05, 0) is 25.7 Å². The first-order chi connectivity index (χ1) is 11.7. The topological polar surface area (TPSA) is 88.0 Å². The maximum absolute atomic E-state index is 11.2. The highest BCUT2D eigenvalue weighted by atomic mass is 127. The zero-order chi connectivity index (χ0) is 16.9. The minimum Gasteiger partial charge on any atom is -0.370 e. The highest BCUT2D eigenvalue weighted by molar-refractivity contribution is 14.0. The molecule has 1 amide bonds. The Morgan fingerprint density at radius 3 is 3.12 bits per heavy atom. The molecule has 3 N–H and O–H groups in total. The van der Waals surface area contributed by atoms with E-state index >= 15 is 0 Å². The number of halogens is 1. The number of nitrogens with zero attached hydrogens (tertiary/aromatic N) is 4. The number of carbonyl (C=O) groups excluding carboxylic acids is 1. The van der Waals surface area contributed by atoms with Gasteiger partial charge in [-0.2, -0.15) is 0 Å². The maximum Gasteiger partial charge on any atom is 0.217 e.